The average molecular weight is 366 g/mol. The van der Waals surface area contributed by atoms with Gasteiger partial charge in [-0.1, -0.05) is 36.5 Å². The molecule has 0 fully saturated rings. The van der Waals surface area contributed by atoms with Gasteiger partial charge < -0.3 is 19.2 Å². The number of aromatic amines is 1. The van der Waals surface area contributed by atoms with E-state index in [2.05, 4.69) is 16.0 Å². The fourth-order valence-electron chi connectivity index (χ4n) is 3.21. The Balaban J connectivity index is 1.86. The number of aromatic nitrogens is 2. The van der Waals surface area contributed by atoms with Crippen LogP contribution in [0.3, 0.4) is 0 Å². The van der Waals surface area contributed by atoms with Gasteiger partial charge in [-0.2, -0.15) is 0 Å². The van der Waals surface area contributed by atoms with Crippen molar-refractivity contribution in [3.8, 4) is 34.5 Å². The summed E-state index contributed by atoms with van der Waals surface area (Å²) < 4.78 is 17.6. The molecule has 1 aromatic heterocycles. The first-order chi connectivity index (χ1) is 12.6. The van der Waals surface area contributed by atoms with E-state index in [1.165, 1.54) is 0 Å². The Labute approximate surface area is 156 Å². The monoisotopic (exact) mass is 366 g/mol. The van der Waals surface area contributed by atoms with E-state index >= 15 is 0 Å². The summed E-state index contributed by atoms with van der Waals surface area (Å²) in [4.78, 5) is 7.86. The predicted molar refractivity (Wildman–Crippen MR) is 102 cm³/mol. The van der Waals surface area contributed by atoms with Crippen LogP contribution >= 0.6 is 12.2 Å². The number of ether oxygens (including phenoxy) is 3. The molecule has 4 rings (SSSR count). The van der Waals surface area contributed by atoms with Crippen LogP contribution in [0.5, 0.6) is 23.1 Å². The molecule has 26 heavy (non-hydrogen) atoms. The first-order valence-corrected chi connectivity index (χ1v) is 8.64. The molecule has 0 atom stereocenters. The van der Waals surface area contributed by atoms with Gasteiger partial charge in [-0.15, -0.1) is 0 Å². The number of benzene rings is 2. The Morgan fingerprint density at radius 2 is 1.92 bits per heavy atom. The highest BCUT2D eigenvalue weighted by Crippen LogP contribution is 2.41. The number of aryl methyl sites for hydroxylation is 1. The lowest BCUT2D eigenvalue weighted by Gasteiger charge is -2.22. The molecule has 0 amide bonds. The minimum atomic E-state index is 0.519. The molecule has 0 radical (unpaired) electrons. The first-order valence-electron chi connectivity index (χ1n) is 8.23. The van der Waals surface area contributed by atoms with E-state index in [4.69, 9.17) is 26.4 Å². The number of rotatable bonds is 3. The van der Waals surface area contributed by atoms with Crippen molar-refractivity contribution in [2.24, 2.45) is 0 Å². The Bertz CT molecular complexity index is 1060. The van der Waals surface area contributed by atoms with Crippen LogP contribution in [0, 0.1) is 11.6 Å². The van der Waals surface area contributed by atoms with Crippen LogP contribution in [0.1, 0.15) is 16.7 Å². The van der Waals surface area contributed by atoms with E-state index in [1.54, 1.807) is 14.2 Å². The molecule has 132 valence electrons. The SMILES string of the molecule is COc1cccc(-c2nc(=S)c3c([nH]2)Oc2c(C)cccc2C3)c1OC. The fourth-order valence-corrected chi connectivity index (χ4v) is 3.47. The number of hydrogen-bond donors (Lipinski definition) is 1. The third-order valence-electron chi connectivity index (χ3n) is 4.50. The molecule has 0 spiro atoms. The zero-order valence-electron chi connectivity index (χ0n) is 14.8. The zero-order valence-corrected chi connectivity index (χ0v) is 15.6. The second kappa shape index (κ2) is 6.46. The van der Waals surface area contributed by atoms with Crippen molar-refractivity contribution in [1.82, 2.24) is 9.97 Å². The van der Waals surface area contributed by atoms with Crippen LogP contribution in [0.4, 0.5) is 0 Å². The molecule has 0 unspecified atom stereocenters. The standard InChI is InChI=1S/C20H18N2O3S/c1-11-6-4-7-12-10-14-19(25-16(11)12)21-18(22-20(14)26)13-8-5-9-15(23-2)17(13)24-3/h4-9H,10H2,1-3H3,(H,21,22,26). The van der Waals surface area contributed by atoms with Crippen molar-refractivity contribution in [2.75, 3.05) is 14.2 Å². The van der Waals surface area contributed by atoms with Crippen molar-refractivity contribution in [3.63, 3.8) is 0 Å². The Kier molecular flexibility index (Phi) is 4.12. The van der Waals surface area contributed by atoms with Gasteiger partial charge in [0.15, 0.2) is 11.5 Å². The summed E-state index contributed by atoms with van der Waals surface area (Å²) in [5.74, 6) is 3.32. The number of para-hydroxylation sites is 2. The molecule has 0 saturated carbocycles. The van der Waals surface area contributed by atoms with Gasteiger partial charge in [0.05, 0.1) is 25.3 Å². The summed E-state index contributed by atoms with van der Waals surface area (Å²) in [7, 11) is 3.21. The summed E-state index contributed by atoms with van der Waals surface area (Å²) in [5.41, 5.74) is 3.86. The Morgan fingerprint density at radius 1 is 1.12 bits per heavy atom. The predicted octanol–water partition coefficient (Wildman–Crippen LogP) is 4.83. The molecule has 0 bridgehead atoms. The van der Waals surface area contributed by atoms with E-state index in [9.17, 15) is 0 Å². The quantitative estimate of drug-likeness (QED) is 0.526. The van der Waals surface area contributed by atoms with Crippen LogP contribution in [0.25, 0.3) is 11.4 Å². The molecule has 1 aliphatic heterocycles. The van der Waals surface area contributed by atoms with E-state index < -0.39 is 0 Å². The van der Waals surface area contributed by atoms with Crippen LogP contribution in [0.2, 0.25) is 0 Å². The summed E-state index contributed by atoms with van der Waals surface area (Å²) in [6, 6.07) is 11.7. The van der Waals surface area contributed by atoms with Gasteiger partial charge in [0, 0.05) is 6.42 Å². The van der Waals surface area contributed by atoms with E-state index in [0.717, 1.165) is 28.0 Å². The van der Waals surface area contributed by atoms with Gasteiger partial charge in [-0.25, -0.2) is 4.98 Å². The van der Waals surface area contributed by atoms with Crippen molar-refractivity contribution in [3.05, 3.63) is 57.7 Å². The Hall–Kier alpha value is -2.86. The van der Waals surface area contributed by atoms with Crippen molar-refractivity contribution in [2.45, 2.75) is 13.3 Å². The van der Waals surface area contributed by atoms with Gasteiger partial charge in [-0.05, 0) is 30.2 Å². The molecule has 1 N–H and O–H groups in total. The third-order valence-corrected chi connectivity index (χ3v) is 4.84. The van der Waals surface area contributed by atoms with Crippen LogP contribution in [0.15, 0.2) is 36.4 Å². The molecule has 0 aliphatic carbocycles. The highest BCUT2D eigenvalue weighted by atomic mass is 32.1. The lowest BCUT2D eigenvalue weighted by atomic mass is 10.0. The number of nitrogens with zero attached hydrogens (tertiary/aromatic N) is 1. The third kappa shape index (κ3) is 2.63. The van der Waals surface area contributed by atoms with Crippen LogP contribution < -0.4 is 14.2 Å². The maximum Gasteiger partial charge on any atom is 0.205 e. The summed E-state index contributed by atoms with van der Waals surface area (Å²) in [5, 5.41) is 0. The molecular weight excluding hydrogens is 348 g/mol. The number of fused-ring (bicyclic) bond motifs is 2. The maximum absolute atomic E-state index is 6.15. The lowest BCUT2D eigenvalue weighted by Crippen LogP contribution is -2.09. The highest BCUT2D eigenvalue weighted by molar-refractivity contribution is 7.71. The average Bonchev–Trinajstić information content (AvgIpc) is 2.66. The molecule has 0 saturated heterocycles. The molecule has 6 heteroatoms. The number of methoxy groups -OCH3 is 2. The second-order valence-electron chi connectivity index (χ2n) is 6.08. The largest absolute Gasteiger partial charge is 0.493 e. The highest BCUT2D eigenvalue weighted by Gasteiger charge is 2.23. The summed E-state index contributed by atoms with van der Waals surface area (Å²) in [6.07, 6.45) is 0.699. The molecule has 2 heterocycles. The van der Waals surface area contributed by atoms with Crippen molar-refractivity contribution in [1.29, 1.82) is 0 Å². The normalized spacial score (nSPS) is 12.0. The van der Waals surface area contributed by atoms with Gasteiger partial charge in [0.1, 0.15) is 16.2 Å². The molecule has 5 nitrogen and oxygen atoms in total. The smallest absolute Gasteiger partial charge is 0.205 e. The fraction of sp³-hybridized carbons (Fsp3) is 0.200. The minimum Gasteiger partial charge on any atom is -0.493 e. The molecule has 3 aromatic rings. The van der Waals surface area contributed by atoms with Crippen molar-refractivity contribution >= 4 is 12.2 Å². The van der Waals surface area contributed by atoms with Gasteiger partial charge >= 0.3 is 0 Å². The topological polar surface area (TPSA) is 56.4 Å². The molecule has 2 aromatic carbocycles. The van der Waals surface area contributed by atoms with Gasteiger partial charge in [0.2, 0.25) is 5.88 Å². The molecule has 1 aliphatic rings. The Morgan fingerprint density at radius 3 is 2.69 bits per heavy atom. The number of hydrogen-bond acceptors (Lipinski definition) is 5. The van der Waals surface area contributed by atoms with Gasteiger partial charge in [0.25, 0.3) is 0 Å². The minimum absolute atomic E-state index is 0.519. The van der Waals surface area contributed by atoms with Crippen LogP contribution in [-0.4, -0.2) is 24.2 Å². The zero-order chi connectivity index (χ0) is 18.3. The van der Waals surface area contributed by atoms with Crippen LogP contribution in [-0.2, 0) is 6.42 Å². The van der Waals surface area contributed by atoms with E-state index in [0.29, 0.717) is 34.3 Å². The molecular formula is C20H18N2O3S. The maximum atomic E-state index is 6.15. The lowest BCUT2D eigenvalue weighted by molar-refractivity contribution is 0.356. The number of H-pyrrole nitrogens is 1. The summed E-state index contributed by atoms with van der Waals surface area (Å²) in [6.45, 7) is 2.03. The van der Waals surface area contributed by atoms with E-state index in [-0.39, 0.29) is 0 Å². The van der Waals surface area contributed by atoms with E-state index in [1.807, 2.05) is 37.3 Å². The first kappa shape index (κ1) is 16.6. The van der Waals surface area contributed by atoms with Crippen molar-refractivity contribution < 1.29 is 14.2 Å². The summed E-state index contributed by atoms with van der Waals surface area (Å²) >= 11 is 5.55. The second-order valence-corrected chi connectivity index (χ2v) is 6.47. The van der Waals surface area contributed by atoms with Gasteiger partial charge in [-0.3, -0.25) is 0 Å². The number of nitrogens with one attached hydrogen (secondary N) is 1.